The minimum atomic E-state index is -0.459. The Bertz CT molecular complexity index is 818. The number of rotatable bonds is 5. The molecule has 3 aromatic rings. The zero-order chi connectivity index (χ0) is 17.8. The Morgan fingerprint density at radius 3 is 1.89 bits per heavy atom. The van der Waals surface area contributed by atoms with Crippen molar-refractivity contribution in [3.8, 4) is 0 Å². The predicted octanol–water partition coefficient (Wildman–Crippen LogP) is 4.49. The van der Waals surface area contributed by atoms with Crippen LogP contribution in [-0.2, 0) is 19.4 Å². The Kier molecular flexibility index (Phi) is 6.68. The molecule has 1 aliphatic carbocycles. The lowest BCUT2D eigenvalue weighted by atomic mass is 9.84. The molecule has 0 amide bonds. The second kappa shape index (κ2) is 9.18. The van der Waals surface area contributed by atoms with Crippen molar-refractivity contribution in [2.75, 3.05) is 6.54 Å². The van der Waals surface area contributed by atoms with Crippen LogP contribution in [-0.4, -0.2) is 17.8 Å². The minimum Gasteiger partial charge on any atom is -0.391 e. The third-order valence-electron chi connectivity index (χ3n) is 5.35. The van der Waals surface area contributed by atoms with Gasteiger partial charge in [0.05, 0.1) is 6.10 Å². The SMILES string of the molecule is Cl.OC(CNCc1ccccc1)C1c2ccccc2CCc2ccccc21. The van der Waals surface area contributed by atoms with Crippen LogP contribution in [0.3, 0.4) is 0 Å². The third-order valence-corrected chi connectivity index (χ3v) is 5.35. The highest BCUT2D eigenvalue weighted by atomic mass is 35.5. The van der Waals surface area contributed by atoms with Gasteiger partial charge in [0.15, 0.2) is 0 Å². The molecule has 0 bridgehead atoms. The van der Waals surface area contributed by atoms with Crippen molar-refractivity contribution in [3.63, 3.8) is 0 Å². The molecule has 4 rings (SSSR count). The molecule has 0 aromatic heterocycles. The summed E-state index contributed by atoms with van der Waals surface area (Å²) in [5.41, 5.74) is 6.49. The summed E-state index contributed by atoms with van der Waals surface area (Å²) in [5, 5.41) is 14.5. The zero-order valence-electron chi connectivity index (χ0n) is 15.3. The van der Waals surface area contributed by atoms with E-state index in [-0.39, 0.29) is 18.3 Å². The Balaban J connectivity index is 0.00000210. The fourth-order valence-corrected chi connectivity index (χ4v) is 4.06. The van der Waals surface area contributed by atoms with Crippen molar-refractivity contribution < 1.29 is 5.11 Å². The maximum Gasteiger partial charge on any atom is 0.0773 e. The second-order valence-corrected chi connectivity index (χ2v) is 7.06. The molecule has 0 spiro atoms. The molecule has 1 aliphatic rings. The first-order valence-corrected chi connectivity index (χ1v) is 9.41. The van der Waals surface area contributed by atoms with Gasteiger partial charge in [-0.05, 0) is 40.7 Å². The highest BCUT2D eigenvalue weighted by molar-refractivity contribution is 5.85. The van der Waals surface area contributed by atoms with E-state index < -0.39 is 6.10 Å². The van der Waals surface area contributed by atoms with Crippen LogP contribution in [0.1, 0.15) is 33.7 Å². The molecule has 2 nitrogen and oxygen atoms in total. The van der Waals surface area contributed by atoms with Gasteiger partial charge in [-0.25, -0.2) is 0 Å². The first-order valence-electron chi connectivity index (χ1n) is 9.41. The molecule has 0 saturated heterocycles. The molecular weight excluding hydrogens is 354 g/mol. The molecule has 140 valence electrons. The fraction of sp³-hybridized carbons (Fsp3) is 0.250. The number of aryl methyl sites for hydroxylation is 2. The summed E-state index contributed by atoms with van der Waals surface area (Å²) in [5.74, 6) is 0.0215. The van der Waals surface area contributed by atoms with Gasteiger partial charge in [-0.1, -0.05) is 78.9 Å². The maximum atomic E-state index is 11.1. The van der Waals surface area contributed by atoms with Crippen molar-refractivity contribution >= 4 is 12.4 Å². The summed E-state index contributed by atoms with van der Waals surface area (Å²) >= 11 is 0. The van der Waals surface area contributed by atoms with Crippen LogP contribution in [0.4, 0.5) is 0 Å². The molecule has 27 heavy (non-hydrogen) atoms. The van der Waals surface area contributed by atoms with E-state index in [0.29, 0.717) is 6.54 Å². The average Bonchev–Trinajstić information content (AvgIpc) is 2.85. The van der Waals surface area contributed by atoms with Crippen molar-refractivity contribution in [3.05, 3.63) is 107 Å². The predicted molar refractivity (Wildman–Crippen MR) is 114 cm³/mol. The van der Waals surface area contributed by atoms with Crippen LogP contribution in [0, 0.1) is 0 Å². The first-order chi connectivity index (χ1) is 12.8. The van der Waals surface area contributed by atoms with E-state index in [1.54, 1.807) is 0 Å². The molecule has 1 atom stereocenters. The minimum absolute atomic E-state index is 0. The molecule has 1 unspecified atom stereocenters. The summed E-state index contributed by atoms with van der Waals surface area (Å²) in [6.45, 7) is 1.34. The summed E-state index contributed by atoms with van der Waals surface area (Å²) in [6.07, 6.45) is 1.61. The van der Waals surface area contributed by atoms with E-state index in [1.807, 2.05) is 18.2 Å². The number of halogens is 1. The number of benzene rings is 3. The molecule has 0 saturated carbocycles. The molecule has 0 heterocycles. The van der Waals surface area contributed by atoms with E-state index in [1.165, 1.54) is 27.8 Å². The summed E-state index contributed by atoms with van der Waals surface area (Å²) < 4.78 is 0. The van der Waals surface area contributed by atoms with E-state index >= 15 is 0 Å². The standard InChI is InChI=1S/C24H25NO.ClH/c26-23(17-25-16-18-8-2-1-3-9-18)24-21-12-6-4-10-19(21)14-15-20-11-5-7-13-22(20)24;/h1-13,23-26H,14-17H2;1H. The molecule has 0 radical (unpaired) electrons. The van der Waals surface area contributed by atoms with Crippen LogP contribution in [0.25, 0.3) is 0 Å². The Morgan fingerprint density at radius 2 is 1.30 bits per heavy atom. The van der Waals surface area contributed by atoms with Gasteiger partial charge >= 0.3 is 0 Å². The van der Waals surface area contributed by atoms with E-state index in [2.05, 4.69) is 66.0 Å². The Hall–Kier alpha value is -2.13. The Labute approximate surface area is 167 Å². The lowest BCUT2D eigenvalue weighted by Gasteiger charge is -2.26. The quantitative estimate of drug-likeness (QED) is 0.684. The molecule has 2 N–H and O–H groups in total. The number of hydrogen-bond acceptors (Lipinski definition) is 2. The van der Waals surface area contributed by atoms with E-state index in [9.17, 15) is 5.11 Å². The van der Waals surface area contributed by atoms with Gasteiger partial charge in [0, 0.05) is 19.0 Å². The summed E-state index contributed by atoms with van der Waals surface area (Å²) in [6, 6.07) is 27.5. The molecule has 3 heteroatoms. The number of hydrogen-bond donors (Lipinski definition) is 2. The number of aliphatic hydroxyl groups excluding tert-OH is 1. The van der Waals surface area contributed by atoms with Crippen LogP contribution in [0.5, 0.6) is 0 Å². The van der Waals surface area contributed by atoms with Gasteiger partial charge in [-0.2, -0.15) is 0 Å². The van der Waals surface area contributed by atoms with Gasteiger partial charge in [0.25, 0.3) is 0 Å². The second-order valence-electron chi connectivity index (χ2n) is 7.06. The van der Waals surface area contributed by atoms with Crippen LogP contribution in [0.2, 0.25) is 0 Å². The van der Waals surface area contributed by atoms with Gasteiger partial charge < -0.3 is 10.4 Å². The molecule has 3 aromatic carbocycles. The lowest BCUT2D eigenvalue weighted by molar-refractivity contribution is 0.153. The summed E-state index contributed by atoms with van der Waals surface area (Å²) in [7, 11) is 0. The monoisotopic (exact) mass is 379 g/mol. The van der Waals surface area contributed by atoms with Gasteiger partial charge in [-0.15, -0.1) is 12.4 Å². The van der Waals surface area contributed by atoms with Crippen LogP contribution >= 0.6 is 12.4 Å². The molecular formula is C24H26ClNO. The van der Waals surface area contributed by atoms with Crippen molar-refractivity contribution in [1.82, 2.24) is 5.32 Å². The largest absolute Gasteiger partial charge is 0.391 e. The van der Waals surface area contributed by atoms with Crippen molar-refractivity contribution in [1.29, 1.82) is 0 Å². The molecule has 0 aliphatic heterocycles. The van der Waals surface area contributed by atoms with E-state index in [4.69, 9.17) is 0 Å². The number of nitrogens with one attached hydrogen (secondary N) is 1. The van der Waals surface area contributed by atoms with Crippen molar-refractivity contribution in [2.45, 2.75) is 31.4 Å². The van der Waals surface area contributed by atoms with Gasteiger partial charge in [0.1, 0.15) is 0 Å². The highest BCUT2D eigenvalue weighted by Crippen LogP contribution is 2.36. The fourth-order valence-electron chi connectivity index (χ4n) is 4.06. The topological polar surface area (TPSA) is 32.3 Å². The number of fused-ring (bicyclic) bond motifs is 2. The van der Waals surface area contributed by atoms with E-state index in [0.717, 1.165) is 19.4 Å². The summed E-state index contributed by atoms with van der Waals surface area (Å²) in [4.78, 5) is 0. The highest BCUT2D eigenvalue weighted by Gasteiger charge is 2.28. The van der Waals surface area contributed by atoms with Crippen LogP contribution in [0.15, 0.2) is 78.9 Å². The first kappa shape index (κ1) is 19.6. The smallest absolute Gasteiger partial charge is 0.0773 e. The third kappa shape index (κ3) is 4.41. The van der Waals surface area contributed by atoms with Gasteiger partial charge in [-0.3, -0.25) is 0 Å². The normalized spacial score (nSPS) is 14.4. The lowest BCUT2D eigenvalue weighted by Crippen LogP contribution is -2.32. The molecule has 0 fully saturated rings. The Morgan fingerprint density at radius 1 is 0.778 bits per heavy atom. The average molecular weight is 380 g/mol. The zero-order valence-corrected chi connectivity index (χ0v) is 16.2. The van der Waals surface area contributed by atoms with Crippen molar-refractivity contribution in [2.24, 2.45) is 0 Å². The van der Waals surface area contributed by atoms with Gasteiger partial charge in [0.2, 0.25) is 0 Å². The van der Waals surface area contributed by atoms with Crippen LogP contribution < -0.4 is 5.32 Å². The maximum absolute atomic E-state index is 11.1. The number of aliphatic hydroxyl groups is 1.